The second kappa shape index (κ2) is 10.8. The summed E-state index contributed by atoms with van der Waals surface area (Å²) >= 11 is 0. The number of anilines is 2. The van der Waals surface area contributed by atoms with Gasteiger partial charge in [-0.2, -0.15) is 0 Å². The zero-order valence-electron chi connectivity index (χ0n) is 15.2. The molecule has 144 valence electrons. The third kappa shape index (κ3) is 7.37. The van der Waals surface area contributed by atoms with Crippen LogP contribution >= 0.6 is 0 Å². The quantitative estimate of drug-likeness (QED) is 0.412. The maximum absolute atomic E-state index is 12.0. The number of urea groups is 1. The molecular weight excluding hydrogens is 344 g/mol. The first-order valence-electron chi connectivity index (χ1n) is 8.96. The fourth-order valence-corrected chi connectivity index (χ4v) is 2.55. The van der Waals surface area contributed by atoms with Gasteiger partial charge in [-0.15, -0.1) is 0 Å². The van der Waals surface area contributed by atoms with E-state index in [0.717, 1.165) is 12.1 Å². The van der Waals surface area contributed by atoms with Crippen molar-refractivity contribution >= 4 is 23.4 Å². The largest absolute Gasteiger partial charge is 0.480 e. The van der Waals surface area contributed by atoms with Crippen LogP contribution in [0.5, 0.6) is 0 Å². The molecule has 0 unspecified atom stereocenters. The Morgan fingerprint density at radius 3 is 2.26 bits per heavy atom. The fourth-order valence-electron chi connectivity index (χ4n) is 2.55. The van der Waals surface area contributed by atoms with Gasteiger partial charge in [0.05, 0.1) is 0 Å². The molecule has 0 bridgehead atoms. The van der Waals surface area contributed by atoms with Crippen LogP contribution in [0.2, 0.25) is 0 Å². The van der Waals surface area contributed by atoms with Crippen molar-refractivity contribution in [1.82, 2.24) is 5.32 Å². The Labute approximate surface area is 159 Å². The lowest BCUT2D eigenvalue weighted by Gasteiger charge is -2.15. The standard InChI is InChI=1S/C20H26N4O3/c21-13-5-4-8-18(19(25)26)24-20(27)23-17-11-9-16(10-12-17)22-14-15-6-2-1-3-7-15/h1-3,6-7,9-12,18,22H,4-5,8,13-14,21H2,(H,25,26)(H2,23,24,27)/t18-/m0/s1. The molecule has 2 aromatic carbocycles. The lowest BCUT2D eigenvalue weighted by atomic mass is 10.1. The predicted molar refractivity (Wildman–Crippen MR) is 107 cm³/mol. The van der Waals surface area contributed by atoms with Gasteiger partial charge in [-0.05, 0) is 55.6 Å². The van der Waals surface area contributed by atoms with E-state index in [4.69, 9.17) is 5.73 Å². The molecule has 27 heavy (non-hydrogen) atoms. The second-order valence-corrected chi connectivity index (χ2v) is 6.19. The molecule has 7 nitrogen and oxygen atoms in total. The van der Waals surface area contributed by atoms with Crippen molar-refractivity contribution in [2.24, 2.45) is 5.73 Å². The summed E-state index contributed by atoms with van der Waals surface area (Å²) in [6.45, 7) is 1.21. The van der Waals surface area contributed by atoms with Crippen LogP contribution in [-0.2, 0) is 11.3 Å². The van der Waals surface area contributed by atoms with E-state index in [2.05, 4.69) is 16.0 Å². The summed E-state index contributed by atoms with van der Waals surface area (Å²) in [6, 6.07) is 15.8. The first-order valence-corrected chi connectivity index (χ1v) is 8.96. The Morgan fingerprint density at radius 1 is 0.963 bits per heavy atom. The number of nitrogens with one attached hydrogen (secondary N) is 3. The maximum Gasteiger partial charge on any atom is 0.326 e. The van der Waals surface area contributed by atoms with Gasteiger partial charge in [-0.25, -0.2) is 9.59 Å². The van der Waals surface area contributed by atoms with Gasteiger partial charge in [0.1, 0.15) is 6.04 Å². The number of amides is 2. The Bertz CT molecular complexity index is 720. The molecule has 0 heterocycles. The SMILES string of the molecule is NCCCC[C@H](NC(=O)Nc1ccc(NCc2ccccc2)cc1)C(=O)O. The van der Waals surface area contributed by atoms with E-state index < -0.39 is 18.0 Å². The van der Waals surface area contributed by atoms with Crippen LogP contribution in [0.25, 0.3) is 0 Å². The summed E-state index contributed by atoms with van der Waals surface area (Å²) in [7, 11) is 0. The van der Waals surface area contributed by atoms with Gasteiger partial charge >= 0.3 is 12.0 Å². The number of unbranched alkanes of at least 4 members (excludes halogenated alkanes) is 1. The van der Waals surface area contributed by atoms with Crippen molar-refractivity contribution in [3.63, 3.8) is 0 Å². The minimum atomic E-state index is -1.05. The first-order chi connectivity index (χ1) is 13.1. The van der Waals surface area contributed by atoms with Crippen LogP contribution in [0, 0.1) is 0 Å². The van der Waals surface area contributed by atoms with Crippen LogP contribution < -0.4 is 21.7 Å². The number of carbonyl (C=O) groups is 2. The molecule has 2 rings (SSSR count). The molecule has 0 aliphatic carbocycles. The molecule has 0 fully saturated rings. The van der Waals surface area contributed by atoms with Gasteiger partial charge in [0, 0.05) is 17.9 Å². The van der Waals surface area contributed by atoms with E-state index in [1.807, 2.05) is 42.5 Å². The third-order valence-electron chi connectivity index (χ3n) is 4.03. The van der Waals surface area contributed by atoms with Crippen molar-refractivity contribution in [3.05, 3.63) is 60.2 Å². The molecule has 0 saturated carbocycles. The Hall–Kier alpha value is -3.06. The van der Waals surface area contributed by atoms with Gasteiger partial charge in [-0.1, -0.05) is 30.3 Å². The minimum Gasteiger partial charge on any atom is -0.480 e. The fraction of sp³-hybridized carbons (Fsp3) is 0.300. The van der Waals surface area contributed by atoms with Crippen molar-refractivity contribution in [2.45, 2.75) is 31.8 Å². The molecule has 0 saturated heterocycles. The van der Waals surface area contributed by atoms with Crippen LogP contribution in [0.4, 0.5) is 16.2 Å². The van der Waals surface area contributed by atoms with E-state index in [0.29, 0.717) is 31.6 Å². The summed E-state index contributed by atoms with van der Waals surface area (Å²) < 4.78 is 0. The molecule has 2 aromatic rings. The smallest absolute Gasteiger partial charge is 0.326 e. The summed E-state index contributed by atoms with van der Waals surface area (Å²) in [5.74, 6) is -1.05. The molecule has 0 radical (unpaired) electrons. The first kappa shape index (κ1) is 20.3. The van der Waals surface area contributed by atoms with Crippen LogP contribution in [0.3, 0.4) is 0 Å². The highest BCUT2D eigenvalue weighted by atomic mass is 16.4. The molecule has 1 atom stereocenters. The van der Waals surface area contributed by atoms with Crippen molar-refractivity contribution < 1.29 is 14.7 Å². The number of carboxylic acid groups (broad SMARTS) is 1. The van der Waals surface area contributed by atoms with Gasteiger partial charge in [0.25, 0.3) is 0 Å². The van der Waals surface area contributed by atoms with E-state index >= 15 is 0 Å². The number of carboxylic acids is 1. The predicted octanol–water partition coefficient (Wildman–Crippen LogP) is 3.00. The molecule has 0 aliphatic rings. The average molecular weight is 370 g/mol. The van der Waals surface area contributed by atoms with Crippen molar-refractivity contribution in [1.29, 1.82) is 0 Å². The highest BCUT2D eigenvalue weighted by molar-refractivity contribution is 5.92. The van der Waals surface area contributed by atoms with Crippen molar-refractivity contribution in [3.8, 4) is 0 Å². The van der Waals surface area contributed by atoms with Gasteiger partial charge in [0.2, 0.25) is 0 Å². The number of rotatable bonds is 10. The minimum absolute atomic E-state index is 0.350. The third-order valence-corrected chi connectivity index (χ3v) is 4.03. The van der Waals surface area contributed by atoms with Gasteiger partial charge in [0.15, 0.2) is 0 Å². The average Bonchev–Trinajstić information content (AvgIpc) is 2.67. The number of hydrogen-bond donors (Lipinski definition) is 5. The Balaban J connectivity index is 1.82. The molecule has 7 heteroatoms. The van der Waals surface area contributed by atoms with Gasteiger partial charge in [-0.3, -0.25) is 0 Å². The monoisotopic (exact) mass is 370 g/mol. The molecule has 2 amide bonds. The lowest BCUT2D eigenvalue weighted by Crippen LogP contribution is -2.43. The summed E-state index contributed by atoms with van der Waals surface area (Å²) in [6.07, 6.45) is 1.72. The topological polar surface area (TPSA) is 116 Å². The number of benzene rings is 2. The second-order valence-electron chi connectivity index (χ2n) is 6.19. The van der Waals surface area contributed by atoms with Crippen LogP contribution in [0.15, 0.2) is 54.6 Å². The number of carbonyl (C=O) groups excluding carboxylic acids is 1. The number of hydrogen-bond acceptors (Lipinski definition) is 4. The summed E-state index contributed by atoms with van der Waals surface area (Å²) in [5, 5.41) is 17.6. The van der Waals surface area contributed by atoms with E-state index in [1.165, 1.54) is 5.56 Å². The molecule has 0 aliphatic heterocycles. The van der Waals surface area contributed by atoms with E-state index in [9.17, 15) is 14.7 Å². The normalized spacial score (nSPS) is 11.4. The van der Waals surface area contributed by atoms with Crippen LogP contribution in [-0.4, -0.2) is 29.7 Å². The summed E-state index contributed by atoms with van der Waals surface area (Å²) in [5.41, 5.74) is 8.10. The Kier molecular flexibility index (Phi) is 8.12. The molecular formula is C20H26N4O3. The van der Waals surface area contributed by atoms with Crippen molar-refractivity contribution in [2.75, 3.05) is 17.2 Å². The number of nitrogens with two attached hydrogens (primary N) is 1. The molecule has 0 spiro atoms. The van der Waals surface area contributed by atoms with E-state index in [1.54, 1.807) is 12.1 Å². The maximum atomic E-state index is 12.0. The highest BCUT2D eigenvalue weighted by Crippen LogP contribution is 2.14. The van der Waals surface area contributed by atoms with Gasteiger partial charge < -0.3 is 26.8 Å². The highest BCUT2D eigenvalue weighted by Gasteiger charge is 2.19. The zero-order valence-corrected chi connectivity index (χ0v) is 15.2. The lowest BCUT2D eigenvalue weighted by molar-refractivity contribution is -0.139. The number of aliphatic carboxylic acids is 1. The Morgan fingerprint density at radius 2 is 1.63 bits per heavy atom. The molecule has 0 aromatic heterocycles. The van der Waals surface area contributed by atoms with Crippen LogP contribution in [0.1, 0.15) is 24.8 Å². The zero-order chi connectivity index (χ0) is 19.5. The summed E-state index contributed by atoms with van der Waals surface area (Å²) in [4.78, 5) is 23.3. The van der Waals surface area contributed by atoms with E-state index in [-0.39, 0.29) is 0 Å². The molecule has 6 N–H and O–H groups in total.